The maximum atomic E-state index is 6.28. The van der Waals surface area contributed by atoms with Gasteiger partial charge in [-0.1, -0.05) is 47.5 Å². The molecule has 1 heterocycles. The predicted molar refractivity (Wildman–Crippen MR) is 82.7 cm³/mol. The van der Waals surface area contributed by atoms with Crippen LogP contribution >= 0.6 is 23.2 Å². The van der Waals surface area contributed by atoms with E-state index in [-0.39, 0.29) is 12.1 Å². The lowest BCUT2D eigenvalue weighted by Crippen LogP contribution is -2.39. The fourth-order valence-electron chi connectivity index (χ4n) is 2.52. The first kappa shape index (κ1) is 13.7. The van der Waals surface area contributed by atoms with Crippen LogP contribution in [0.3, 0.4) is 0 Å². The average Bonchev–Trinajstić information content (AvgIpc) is 2.87. The summed E-state index contributed by atoms with van der Waals surface area (Å²) in [6.45, 7) is 0. The Morgan fingerprint density at radius 3 is 2.70 bits per heavy atom. The number of hydrogen-bond donors (Lipinski definition) is 1. The molecule has 0 amide bonds. The summed E-state index contributed by atoms with van der Waals surface area (Å²) < 4.78 is 5.91. The average molecular weight is 308 g/mol. The highest BCUT2D eigenvalue weighted by Crippen LogP contribution is 2.30. The third-order valence-corrected chi connectivity index (χ3v) is 4.34. The zero-order valence-electron chi connectivity index (χ0n) is 10.9. The fourth-order valence-corrected chi connectivity index (χ4v) is 2.84. The Morgan fingerprint density at radius 2 is 1.95 bits per heavy atom. The Hall–Kier alpha value is -1.22. The largest absolute Gasteiger partial charge is 0.488 e. The van der Waals surface area contributed by atoms with Crippen molar-refractivity contribution in [3.8, 4) is 5.75 Å². The highest BCUT2D eigenvalue weighted by Gasteiger charge is 2.27. The van der Waals surface area contributed by atoms with Gasteiger partial charge in [0, 0.05) is 12.5 Å². The quantitative estimate of drug-likeness (QED) is 0.934. The van der Waals surface area contributed by atoms with Gasteiger partial charge in [0.25, 0.3) is 0 Å². The summed E-state index contributed by atoms with van der Waals surface area (Å²) in [6, 6.07) is 13.6. The first-order valence-corrected chi connectivity index (χ1v) is 7.33. The lowest BCUT2D eigenvalue weighted by molar-refractivity contribution is 0.198. The van der Waals surface area contributed by atoms with Crippen LogP contribution in [-0.2, 0) is 12.8 Å². The molecule has 104 valence electrons. The predicted octanol–water partition coefficient (Wildman–Crippen LogP) is 3.87. The van der Waals surface area contributed by atoms with Gasteiger partial charge < -0.3 is 10.5 Å². The van der Waals surface area contributed by atoms with Gasteiger partial charge in [-0.15, -0.1) is 0 Å². The molecule has 20 heavy (non-hydrogen) atoms. The highest BCUT2D eigenvalue weighted by atomic mass is 35.5. The minimum atomic E-state index is -0.0698. The lowest BCUT2D eigenvalue weighted by Gasteiger charge is -2.19. The van der Waals surface area contributed by atoms with Crippen LogP contribution < -0.4 is 10.5 Å². The van der Waals surface area contributed by atoms with Crippen molar-refractivity contribution in [3.63, 3.8) is 0 Å². The summed E-state index contributed by atoms with van der Waals surface area (Å²) in [6.07, 6.45) is 1.59. The zero-order chi connectivity index (χ0) is 14.1. The second-order valence-corrected chi connectivity index (χ2v) is 5.90. The molecule has 0 spiro atoms. The number of rotatable bonds is 3. The smallest absolute Gasteiger partial charge is 0.123 e. The summed E-state index contributed by atoms with van der Waals surface area (Å²) in [5.41, 5.74) is 8.58. The first-order valence-electron chi connectivity index (χ1n) is 6.57. The number of ether oxygens (including phenoxy) is 1. The van der Waals surface area contributed by atoms with Crippen LogP contribution in [0.1, 0.15) is 11.1 Å². The molecule has 0 aromatic heterocycles. The van der Waals surface area contributed by atoms with Gasteiger partial charge in [0.05, 0.1) is 10.0 Å². The Bertz CT molecular complexity index is 605. The van der Waals surface area contributed by atoms with Gasteiger partial charge in [-0.25, -0.2) is 0 Å². The molecule has 0 aliphatic carbocycles. The van der Waals surface area contributed by atoms with Crippen molar-refractivity contribution < 1.29 is 4.74 Å². The summed E-state index contributed by atoms with van der Waals surface area (Å²) in [7, 11) is 0. The van der Waals surface area contributed by atoms with Gasteiger partial charge in [-0.3, -0.25) is 0 Å². The third-order valence-electron chi connectivity index (χ3n) is 3.61. The standard InChI is InChI=1S/C16H15Cl2NO/c17-12-6-5-10(7-13(12)18)8-14(19)16-9-11-3-1-2-4-15(11)20-16/h1-7,14,16H,8-9,19H2. The molecule has 4 heteroatoms. The number of benzene rings is 2. The Kier molecular flexibility index (Phi) is 3.88. The van der Waals surface area contributed by atoms with Crippen molar-refractivity contribution in [3.05, 3.63) is 63.6 Å². The summed E-state index contributed by atoms with van der Waals surface area (Å²) in [5.74, 6) is 0.946. The first-order chi connectivity index (χ1) is 9.63. The molecule has 2 unspecified atom stereocenters. The molecule has 0 fully saturated rings. The second-order valence-electron chi connectivity index (χ2n) is 5.08. The van der Waals surface area contributed by atoms with Crippen LogP contribution in [-0.4, -0.2) is 12.1 Å². The van der Waals surface area contributed by atoms with Gasteiger partial charge in [-0.2, -0.15) is 0 Å². The van der Waals surface area contributed by atoms with E-state index >= 15 is 0 Å². The molecule has 2 aromatic rings. The van der Waals surface area contributed by atoms with Crippen LogP contribution in [0.25, 0.3) is 0 Å². The van der Waals surface area contributed by atoms with E-state index in [4.69, 9.17) is 33.7 Å². The molecule has 0 saturated heterocycles. The molecule has 2 atom stereocenters. The van der Waals surface area contributed by atoms with Gasteiger partial charge in [0.2, 0.25) is 0 Å². The van der Waals surface area contributed by atoms with E-state index in [9.17, 15) is 0 Å². The van der Waals surface area contributed by atoms with E-state index in [0.29, 0.717) is 10.0 Å². The summed E-state index contributed by atoms with van der Waals surface area (Å²) in [5, 5.41) is 1.13. The van der Waals surface area contributed by atoms with E-state index in [1.54, 1.807) is 6.07 Å². The summed E-state index contributed by atoms with van der Waals surface area (Å²) >= 11 is 11.9. The molecule has 2 N–H and O–H groups in total. The van der Waals surface area contributed by atoms with Crippen molar-refractivity contribution in [1.82, 2.24) is 0 Å². The highest BCUT2D eigenvalue weighted by molar-refractivity contribution is 6.42. The minimum absolute atomic E-state index is 0.0156. The van der Waals surface area contributed by atoms with Crippen LogP contribution in [0.15, 0.2) is 42.5 Å². The third kappa shape index (κ3) is 2.78. The Morgan fingerprint density at radius 1 is 1.15 bits per heavy atom. The van der Waals surface area contributed by atoms with Crippen molar-refractivity contribution in [2.45, 2.75) is 25.0 Å². The minimum Gasteiger partial charge on any atom is -0.488 e. The van der Waals surface area contributed by atoms with Crippen LogP contribution in [0, 0.1) is 0 Å². The van der Waals surface area contributed by atoms with Crippen LogP contribution in [0.4, 0.5) is 0 Å². The van der Waals surface area contributed by atoms with Crippen molar-refractivity contribution in [2.24, 2.45) is 5.73 Å². The number of fused-ring (bicyclic) bond motifs is 1. The zero-order valence-corrected chi connectivity index (χ0v) is 12.4. The number of hydrogen-bond acceptors (Lipinski definition) is 2. The topological polar surface area (TPSA) is 35.2 Å². The Balaban J connectivity index is 1.69. The van der Waals surface area contributed by atoms with Crippen LogP contribution in [0.2, 0.25) is 10.0 Å². The molecule has 0 bridgehead atoms. The van der Waals surface area contributed by atoms with E-state index in [1.165, 1.54) is 5.56 Å². The molecule has 0 radical (unpaired) electrons. The van der Waals surface area contributed by atoms with Gasteiger partial charge >= 0.3 is 0 Å². The molecule has 1 aliphatic rings. The number of nitrogens with two attached hydrogens (primary N) is 1. The van der Waals surface area contributed by atoms with Gasteiger partial charge in [0.15, 0.2) is 0 Å². The molecule has 2 aromatic carbocycles. The molecular formula is C16H15Cl2NO. The van der Waals surface area contributed by atoms with Gasteiger partial charge in [-0.05, 0) is 35.7 Å². The molecule has 0 saturated carbocycles. The summed E-state index contributed by atoms with van der Waals surface area (Å²) in [4.78, 5) is 0. The van der Waals surface area contributed by atoms with E-state index < -0.39 is 0 Å². The maximum absolute atomic E-state index is 6.28. The fraction of sp³-hybridized carbons (Fsp3) is 0.250. The molecule has 3 rings (SSSR count). The maximum Gasteiger partial charge on any atom is 0.123 e. The molecule has 1 aliphatic heterocycles. The Labute approximate surface area is 128 Å². The van der Waals surface area contributed by atoms with E-state index in [0.717, 1.165) is 24.2 Å². The second kappa shape index (κ2) is 5.65. The molecular weight excluding hydrogens is 293 g/mol. The van der Waals surface area contributed by atoms with Crippen molar-refractivity contribution >= 4 is 23.2 Å². The normalized spacial score (nSPS) is 18.4. The lowest BCUT2D eigenvalue weighted by atomic mass is 9.99. The number of para-hydroxylation sites is 1. The van der Waals surface area contributed by atoms with Crippen LogP contribution in [0.5, 0.6) is 5.75 Å². The van der Waals surface area contributed by atoms with E-state index in [2.05, 4.69) is 6.07 Å². The molecule has 2 nitrogen and oxygen atoms in total. The SMILES string of the molecule is NC(Cc1ccc(Cl)c(Cl)c1)C1Cc2ccccc2O1. The van der Waals surface area contributed by atoms with Crippen molar-refractivity contribution in [2.75, 3.05) is 0 Å². The van der Waals surface area contributed by atoms with Crippen molar-refractivity contribution in [1.29, 1.82) is 0 Å². The van der Waals surface area contributed by atoms with E-state index in [1.807, 2.05) is 30.3 Å². The monoisotopic (exact) mass is 307 g/mol. The van der Waals surface area contributed by atoms with Gasteiger partial charge in [0.1, 0.15) is 11.9 Å². The number of halogens is 2.